The number of hydrazine groups is 1. The lowest BCUT2D eigenvalue weighted by molar-refractivity contribution is 0.756. The maximum atomic E-state index is 12.2. The third kappa shape index (κ3) is 3.60. The van der Waals surface area contributed by atoms with Gasteiger partial charge in [0.05, 0.1) is 12.2 Å². The molecule has 1 aromatic carbocycles. The topological polar surface area (TPSA) is 71.8 Å². The van der Waals surface area contributed by atoms with Crippen molar-refractivity contribution in [3.63, 3.8) is 0 Å². The minimum absolute atomic E-state index is 0.192. The monoisotopic (exact) mass is 303 g/mol. The Morgan fingerprint density at radius 3 is 2.67 bits per heavy atom. The van der Waals surface area contributed by atoms with Gasteiger partial charge in [0.25, 0.3) is 0 Å². The maximum Gasteiger partial charge on any atom is 0.356 e. The van der Waals surface area contributed by atoms with Crippen molar-refractivity contribution < 1.29 is 0 Å². The number of benzene rings is 1. The largest absolute Gasteiger partial charge is 0.356 e. The van der Waals surface area contributed by atoms with Gasteiger partial charge in [-0.05, 0) is 24.3 Å². The molecule has 7 heteroatoms. The Labute approximate surface area is 127 Å². The van der Waals surface area contributed by atoms with Crippen LogP contribution < -0.4 is 16.5 Å². The van der Waals surface area contributed by atoms with Gasteiger partial charge in [0, 0.05) is 11.4 Å². The van der Waals surface area contributed by atoms with E-state index in [0.29, 0.717) is 29.5 Å². The fraction of sp³-hybridized carbons (Fsp3) is 0.214. The molecule has 1 aromatic heterocycles. The van der Waals surface area contributed by atoms with Gasteiger partial charge in [-0.1, -0.05) is 24.4 Å². The summed E-state index contributed by atoms with van der Waals surface area (Å²) in [6, 6.07) is 6.92. The van der Waals surface area contributed by atoms with E-state index in [1.807, 2.05) is 6.92 Å². The molecular formula is C14H14ClN5O. The number of terminal acetylenes is 1. The van der Waals surface area contributed by atoms with Crippen LogP contribution >= 0.6 is 11.6 Å². The van der Waals surface area contributed by atoms with E-state index in [-0.39, 0.29) is 5.95 Å². The molecule has 0 atom stereocenters. The third-order valence-electron chi connectivity index (χ3n) is 2.68. The summed E-state index contributed by atoms with van der Waals surface area (Å²) in [5.74, 6) is 3.18. The zero-order valence-corrected chi connectivity index (χ0v) is 12.2. The van der Waals surface area contributed by atoms with Crippen molar-refractivity contribution in [2.75, 3.05) is 12.0 Å². The first-order valence-corrected chi connectivity index (χ1v) is 6.71. The van der Waals surface area contributed by atoms with E-state index < -0.39 is 5.69 Å². The quantitative estimate of drug-likeness (QED) is 0.496. The average molecular weight is 304 g/mol. The van der Waals surface area contributed by atoms with Gasteiger partial charge in [0.2, 0.25) is 5.95 Å². The molecule has 0 radical (unpaired) electrons. The summed E-state index contributed by atoms with van der Waals surface area (Å²) in [5, 5.41) is 0.600. The Morgan fingerprint density at radius 1 is 1.33 bits per heavy atom. The predicted molar refractivity (Wildman–Crippen MR) is 82.5 cm³/mol. The predicted octanol–water partition coefficient (Wildman–Crippen LogP) is 1.39. The van der Waals surface area contributed by atoms with Crippen LogP contribution in [0.25, 0.3) is 5.69 Å². The molecule has 0 fully saturated rings. The molecule has 0 spiro atoms. The van der Waals surface area contributed by atoms with Crippen LogP contribution in [0.4, 0.5) is 5.95 Å². The first-order chi connectivity index (χ1) is 10.2. The van der Waals surface area contributed by atoms with Gasteiger partial charge < -0.3 is 0 Å². The smallest absolute Gasteiger partial charge is 0.289 e. The van der Waals surface area contributed by atoms with E-state index in [1.165, 1.54) is 4.57 Å². The van der Waals surface area contributed by atoms with Crippen molar-refractivity contribution in [1.29, 1.82) is 0 Å². The lowest BCUT2D eigenvalue weighted by atomic mass is 10.3. The molecule has 0 unspecified atom stereocenters. The number of rotatable bonds is 5. The Kier molecular flexibility index (Phi) is 4.93. The minimum atomic E-state index is -0.422. The number of anilines is 1. The van der Waals surface area contributed by atoms with Crippen LogP contribution in [0.15, 0.2) is 29.1 Å². The first-order valence-electron chi connectivity index (χ1n) is 6.34. The van der Waals surface area contributed by atoms with Gasteiger partial charge in [-0.2, -0.15) is 9.97 Å². The summed E-state index contributed by atoms with van der Waals surface area (Å²) in [6.45, 7) is 2.21. The first kappa shape index (κ1) is 15.0. The van der Waals surface area contributed by atoms with Crippen molar-refractivity contribution in [2.45, 2.75) is 13.3 Å². The Bertz CT molecular complexity index is 718. The molecule has 0 aliphatic heterocycles. The van der Waals surface area contributed by atoms with E-state index in [9.17, 15) is 4.79 Å². The van der Waals surface area contributed by atoms with Crippen LogP contribution in [0.5, 0.6) is 0 Å². The van der Waals surface area contributed by atoms with Gasteiger partial charge in [-0.3, -0.25) is 5.43 Å². The molecule has 0 bridgehead atoms. The highest BCUT2D eigenvalue weighted by atomic mass is 35.5. The van der Waals surface area contributed by atoms with E-state index in [4.69, 9.17) is 18.0 Å². The third-order valence-corrected chi connectivity index (χ3v) is 2.93. The normalized spacial score (nSPS) is 10.1. The number of aryl methyl sites for hydroxylation is 1. The molecule has 0 saturated carbocycles. The summed E-state index contributed by atoms with van der Waals surface area (Å²) in [6.07, 6.45) is 5.69. The molecular weight excluding hydrogens is 290 g/mol. The van der Waals surface area contributed by atoms with E-state index in [2.05, 4.69) is 26.7 Å². The minimum Gasteiger partial charge on any atom is -0.289 e. The van der Waals surface area contributed by atoms with Gasteiger partial charge in [0.1, 0.15) is 5.82 Å². The summed E-state index contributed by atoms with van der Waals surface area (Å²) in [4.78, 5) is 20.4. The molecule has 21 heavy (non-hydrogen) atoms. The lowest BCUT2D eigenvalue weighted by Crippen LogP contribution is -2.31. The maximum absolute atomic E-state index is 12.2. The number of hydrogen-bond donors (Lipinski definition) is 2. The molecule has 2 N–H and O–H groups in total. The number of hydrogen-bond acceptors (Lipinski definition) is 5. The summed E-state index contributed by atoms with van der Waals surface area (Å²) >= 11 is 5.86. The van der Waals surface area contributed by atoms with Gasteiger partial charge >= 0.3 is 5.69 Å². The van der Waals surface area contributed by atoms with E-state index in [1.54, 1.807) is 24.3 Å². The van der Waals surface area contributed by atoms with Crippen LogP contribution in [-0.4, -0.2) is 21.1 Å². The van der Waals surface area contributed by atoms with Crippen molar-refractivity contribution in [3.05, 3.63) is 45.6 Å². The van der Waals surface area contributed by atoms with E-state index >= 15 is 0 Å². The molecule has 2 aromatic rings. The summed E-state index contributed by atoms with van der Waals surface area (Å²) < 4.78 is 1.45. The van der Waals surface area contributed by atoms with Crippen LogP contribution in [0.2, 0.25) is 5.02 Å². The molecule has 6 nitrogen and oxygen atoms in total. The van der Waals surface area contributed by atoms with E-state index in [0.717, 1.165) is 0 Å². The highest BCUT2D eigenvalue weighted by molar-refractivity contribution is 6.30. The molecule has 0 aliphatic carbocycles. The number of nitrogens with zero attached hydrogens (tertiary/aromatic N) is 3. The Morgan fingerprint density at radius 2 is 2.05 bits per heavy atom. The SMILES string of the molecule is C#CCNNc1nc(CC)n(-c2ccc(Cl)cc2)c(=O)n1. The van der Waals surface area contributed by atoms with Crippen molar-refractivity contribution in [3.8, 4) is 18.0 Å². The summed E-state index contributed by atoms with van der Waals surface area (Å²) in [7, 11) is 0. The standard InChI is InChI=1S/C14H14ClN5O/c1-3-9-16-19-13-17-12(4-2)20(14(21)18-13)11-7-5-10(15)6-8-11/h1,5-8,16H,4,9H2,2H3,(H,18,19,21). The van der Waals surface area contributed by atoms with Crippen molar-refractivity contribution in [1.82, 2.24) is 20.0 Å². The van der Waals surface area contributed by atoms with Crippen LogP contribution in [-0.2, 0) is 6.42 Å². The second kappa shape index (κ2) is 6.88. The number of nitrogens with one attached hydrogen (secondary N) is 2. The molecule has 1 heterocycles. The molecule has 0 saturated heterocycles. The average Bonchev–Trinajstić information content (AvgIpc) is 2.48. The fourth-order valence-electron chi connectivity index (χ4n) is 1.77. The van der Waals surface area contributed by atoms with Crippen LogP contribution in [0, 0.1) is 12.3 Å². The van der Waals surface area contributed by atoms with Gasteiger partial charge in [-0.25, -0.2) is 14.8 Å². The summed E-state index contributed by atoms with van der Waals surface area (Å²) in [5.41, 5.74) is 5.67. The highest BCUT2D eigenvalue weighted by Crippen LogP contribution is 2.13. The molecule has 108 valence electrons. The molecule has 2 rings (SSSR count). The van der Waals surface area contributed by atoms with Crippen molar-refractivity contribution in [2.24, 2.45) is 0 Å². The van der Waals surface area contributed by atoms with Gasteiger partial charge in [-0.15, -0.1) is 6.42 Å². The molecule has 0 amide bonds. The molecule has 0 aliphatic rings. The second-order valence-corrected chi connectivity index (χ2v) is 4.53. The lowest BCUT2D eigenvalue weighted by Gasteiger charge is -2.12. The van der Waals surface area contributed by atoms with Crippen LogP contribution in [0.3, 0.4) is 0 Å². The Balaban J connectivity index is 2.40. The van der Waals surface area contributed by atoms with Crippen LogP contribution in [0.1, 0.15) is 12.7 Å². The second-order valence-electron chi connectivity index (χ2n) is 4.09. The highest BCUT2D eigenvalue weighted by Gasteiger charge is 2.10. The zero-order chi connectivity index (χ0) is 15.2. The fourth-order valence-corrected chi connectivity index (χ4v) is 1.89. The zero-order valence-electron chi connectivity index (χ0n) is 11.4. The Hall–Kier alpha value is -2.36. The number of aromatic nitrogens is 3. The van der Waals surface area contributed by atoms with Crippen molar-refractivity contribution >= 4 is 17.5 Å². The number of halogens is 1. The van der Waals surface area contributed by atoms with Gasteiger partial charge in [0.15, 0.2) is 0 Å².